The van der Waals surface area contributed by atoms with Gasteiger partial charge in [0.15, 0.2) is 5.16 Å². The zero-order chi connectivity index (χ0) is 21.5. The predicted octanol–water partition coefficient (Wildman–Crippen LogP) is 4.47. The van der Waals surface area contributed by atoms with Crippen LogP contribution in [0.3, 0.4) is 0 Å². The molecule has 0 saturated heterocycles. The molecule has 2 aromatic carbocycles. The van der Waals surface area contributed by atoms with E-state index in [9.17, 15) is 9.59 Å². The Labute approximate surface area is 181 Å². The first kappa shape index (κ1) is 21.6. The van der Waals surface area contributed by atoms with Crippen LogP contribution < -0.4 is 5.32 Å². The van der Waals surface area contributed by atoms with Crippen LogP contribution in [-0.4, -0.2) is 45.1 Å². The summed E-state index contributed by atoms with van der Waals surface area (Å²) in [5.41, 5.74) is 2.12. The molecule has 2 amide bonds. The molecule has 1 unspecified atom stereocenters. The van der Waals surface area contributed by atoms with Crippen molar-refractivity contribution in [3.05, 3.63) is 72.6 Å². The highest BCUT2D eigenvalue weighted by molar-refractivity contribution is 7.98. The van der Waals surface area contributed by atoms with Crippen molar-refractivity contribution in [2.24, 2.45) is 0 Å². The Morgan fingerprint density at radius 3 is 2.63 bits per heavy atom. The standard InChI is InChI=1S/C23H26N4O2S/c1-4-14-26(17(2)21(28)25-19-10-6-5-7-11-19)22(29)18-9-8-12-20(16-18)27-15-13-24-23(27)30-3/h5-13,15-17H,4,14H2,1-3H3,(H,25,28). The maximum Gasteiger partial charge on any atom is 0.254 e. The minimum atomic E-state index is -0.601. The van der Waals surface area contributed by atoms with Gasteiger partial charge in [-0.1, -0.05) is 43.0 Å². The SMILES string of the molecule is CCCN(C(=O)c1cccc(-n2ccnc2SC)c1)C(C)C(=O)Nc1ccccc1. The summed E-state index contributed by atoms with van der Waals surface area (Å²) in [5, 5.41) is 3.74. The lowest BCUT2D eigenvalue weighted by Gasteiger charge is -2.28. The number of benzene rings is 2. The smallest absolute Gasteiger partial charge is 0.254 e. The molecule has 1 atom stereocenters. The van der Waals surface area contributed by atoms with Gasteiger partial charge in [0.05, 0.1) is 0 Å². The quantitative estimate of drug-likeness (QED) is 0.544. The van der Waals surface area contributed by atoms with Crippen LogP contribution in [0.4, 0.5) is 5.69 Å². The first-order valence-corrected chi connectivity index (χ1v) is 11.1. The van der Waals surface area contributed by atoms with E-state index >= 15 is 0 Å². The molecule has 0 spiro atoms. The lowest BCUT2D eigenvalue weighted by atomic mass is 10.1. The van der Waals surface area contributed by atoms with Crippen LogP contribution in [0.5, 0.6) is 0 Å². The highest BCUT2D eigenvalue weighted by Gasteiger charge is 2.26. The third-order valence-corrected chi connectivity index (χ3v) is 5.44. The summed E-state index contributed by atoms with van der Waals surface area (Å²) in [6.07, 6.45) is 6.32. The van der Waals surface area contributed by atoms with Gasteiger partial charge in [-0.15, -0.1) is 0 Å². The summed E-state index contributed by atoms with van der Waals surface area (Å²) in [4.78, 5) is 32.1. The van der Waals surface area contributed by atoms with Crippen LogP contribution in [0.15, 0.2) is 72.1 Å². The van der Waals surface area contributed by atoms with E-state index in [1.54, 1.807) is 24.1 Å². The third kappa shape index (κ3) is 4.91. The second-order valence-corrected chi connectivity index (χ2v) is 7.64. The van der Waals surface area contributed by atoms with Crippen LogP contribution in [-0.2, 0) is 4.79 Å². The maximum absolute atomic E-state index is 13.3. The van der Waals surface area contributed by atoms with Crippen molar-refractivity contribution >= 4 is 29.3 Å². The molecule has 0 aliphatic carbocycles. The summed E-state index contributed by atoms with van der Waals surface area (Å²) < 4.78 is 1.94. The van der Waals surface area contributed by atoms with Gasteiger partial charge in [0, 0.05) is 35.9 Å². The van der Waals surface area contributed by atoms with Gasteiger partial charge in [-0.05, 0) is 49.9 Å². The molecule has 0 radical (unpaired) electrons. The molecule has 1 aromatic heterocycles. The maximum atomic E-state index is 13.3. The molecule has 156 valence electrons. The fourth-order valence-corrected chi connectivity index (χ4v) is 3.74. The number of anilines is 1. The topological polar surface area (TPSA) is 67.2 Å². The summed E-state index contributed by atoms with van der Waals surface area (Å²) in [6.45, 7) is 4.25. The number of hydrogen-bond acceptors (Lipinski definition) is 4. The molecule has 30 heavy (non-hydrogen) atoms. The Hall–Kier alpha value is -3.06. The number of para-hydroxylation sites is 1. The minimum Gasteiger partial charge on any atom is -0.327 e. The lowest BCUT2D eigenvalue weighted by molar-refractivity contribution is -0.120. The summed E-state index contributed by atoms with van der Waals surface area (Å²) in [5.74, 6) is -0.376. The zero-order valence-corrected chi connectivity index (χ0v) is 18.2. The van der Waals surface area contributed by atoms with Crippen molar-refractivity contribution in [3.8, 4) is 5.69 Å². The van der Waals surface area contributed by atoms with Gasteiger partial charge < -0.3 is 10.2 Å². The first-order valence-electron chi connectivity index (χ1n) is 9.89. The third-order valence-electron chi connectivity index (χ3n) is 4.77. The van der Waals surface area contributed by atoms with E-state index in [1.807, 2.05) is 72.5 Å². The second kappa shape index (κ2) is 10.1. The highest BCUT2D eigenvalue weighted by Crippen LogP contribution is 2.20. The van der Waals surface area contributed by atoms with Gasteiger partial charge in [-0.25, -0.2) is 4.98 Å². The molecule has 0 bridgehead atoms. The number of imidazole rings is 1. The molecular formula is C23H26N4O2S. The van der Waals surface area contributed by atoms with Crippen molar-refractivity contribution in [1.29, 1.82) is 0 Å². The molecule has 1 heterocycles. The normalized spacial score (nSPS) is 11.7. The van der Waals surface area contributed by atoms with E-state index in [1.165, 1.54) is 11.8 Å². The number of nitrogens with one attached hydrogen (secondary N) is 1. The number of carbonyl (C=O) groups is 2. The van der Waals surface area contributed by atoms with Gasteiger partial charge in [0.1, 0.15) is 6.04 Å². The van der Waals surface area contributed by atoms with Gasteiger partial charge in [-0.2, -0.15) is 0 Å². The van der Waals surface area contributed by atoms with E-state index in [4.69, 9.17) is 0 Å². The number of hydrogen-bond donors (Lipinski definition) is 1. The van der Waals surface area contributed by atoms with Gasteiger partial charge in [0.2, 0.25) is 5.91 Å². The minimum absolute atomic E-state index is 0.166. The highest BCUT2D eigenvalue weighted by atomic mass is 32.2. The van der Waals surface area contributed by atoms with Gasteiger partial charge in [0.25, 0.3) is 5.91 Å². The van der Waals surface area contributed by atoms with E-state index < -0.39 is 6.04 Å². The predicted molar refractivity (Wildman–Crippen MR) is 121 cm³/mol. The number of aromatic nitrogens is 2. The van der Waals surface area contributed by atoms with Crippen molar-refractivity contribution in [3.63, 3.8) is 0 Å². The van der Waals surface area contributed by atoms with Crippen molar-refractivity contribution in [2.45, 2.75) is 31.5 Å². The van der Waals surface area contributed by atoms with E-state index in [-0.39, 0.29) is 11.8 Å². The summed E-state index contributed by atoms with van der Waals surface area (Å²) in [7, 11) is 0. The first-order chi connectivity index (χ1) is 14.5. The molecule has 3 aromatic rings. The molecule has 6 nitrogen and oxygen atoms in total. The van der Waals surface area contributed by atoms with Crippen LogP contribution in [0, 0.1) is 0 Å². The molecule has 7 heteroatoms. The van der Waals surface area contributed by atoms with Crippen molar-refractivity contribution < 1.29 is 9.59 Å². The van der Waals surface area contributed by atoms with Gasteiger partial charge >= 0.3 is 0 Å². The van der Waals surface area contributed by atoms with Crippen LogP contribution >= 0.6 is 11.8 Å². The lowest BCUT2D eigenvalue weighted by Crippen LogP contribution is -2.46. The largest absolute Gasteiger partial charge is 0.327 e. The Morgan fingerprint density at radius 2 is 1.93 bits per heavy atom. The average Bonchev–Trinajstić information content (AvgIpc) is 3.26. The summed E-state index contributed by atoms with van der Waals surface area (Å²) >= 11 is 1.54. The second-order valence-electron chi connectivity index (χ2n) is 6.86. The molecule has 0 aliphatic rings. The Morgan fingerprint density at radius 1 is 1.17 bits per heavy atom. The Balaban J connectivity index is 1.83. The number of amides is 2. The van der Waals surface area contributed by atoms with E-state index in [2.05, 4.69) is 10.3 Å². The number of rotatable bonds is 8. The number of carbonyl (C=O) groups excluding carboxylic acids is 2. The van der Waals surface area contributed by atoms with E-state index in [0.29, 0.717) is 17.8 Å². The molecular weight excluding hydrogens is 396 g/mol. The number of thioether (sulfide) groups is 1. The Bertz CT molecular complexity index is 1000. The average molecular weight is 423 g/mol. The Kier molecular flexibility index (Phi) is 7.30. The molecule has 0 fully saturated rings. The fraction of sp³-hybridized carbons (Fsp3) is 0.261. The molecule has 3 rings (SSSR count). The van der Waals surface area contributed by atoms with E-state index in [0.717, 1.165) is 17.3 Å². The summed E-state index contributed by atoms with van der Waals surface area (Å²) in [6, 6.07) is 16.1. The zero-order valence-electron chi connectivity index (χ0n) is 17.4. The van der Waals surface area contributed by atoms with Crippen LogP contribution in [0.2, 0.25) is 0 Å². The van der Waals surface area contributed by atoms with Crippen molar-refractivity contribution in [1.82, 2.24) is 14.5 Å². The monoisotopic (exact) mass is 422 g/mol. The van der Waals surface area contributed by atoms with Crippen LogP contribution in [0.1, 0.15) is 30.6 Å². The van der Waals surface area contributed by atoms with Gasteiger partial charge in [-0.3, -0.25) is 14.2 Å². The fourth-order valence-electron chi connectivity index (χ4n) is 3.21. The van der Waals surface area contributed by atoms with Crippen molar-refractivity contribution in [2.75, 3.05) is 18.1 Å². The number of nitrogens with zero attached hydrogens (tertiary/aromatic N) is 3. The van der Waals surface area contributed by atoms with Crippen LogP contribution in [0.25, 0.3) is 5.69 Å². The molecule has 0 saturated carbocycles. The molecule has 1 N–H and O–H groups in total. The molecule has 0 aliphatic heterocycles.